The SMILES string of the molecule is O=C(N[C@@H]1CCCC[C@H]1O)c1cnc(Br)c(-c2ccc(Cl)cc2)n1. The Labute approximate surface area is 153 Å². The lowest BCUT2D eigenvalue weighted by molar-refractivity contribution is 0.0713. The van der Waals surface area contributed by atoms with Crippen LogP contribution in [0.5, 0.6) is 0 Å². The Morgan fingerprint density at radius 3 is 2.67 bits per heavy atom. The second-order valence-corrected chi connectivity index (χ2v) is 7.02. The van der Waals surface area contributed by atoms with Gasteiger partial charge >= 0.3 is 0 Å². The molecule has 1 aliphatic carbocycles. The Morgan fingerprint density at radius 2 is 1.96 bits per heavy atom. The maximum Gasteiger partial charge on any atom is 0.271 e. The van der Waals surface area contributed by atoms with E-state index in [9.17, 15) is 9.90 Å². The van der Waals surface area contributed by atoms with E-state index in [2.05, 4.69) is 31.2 Å². The summed E-state index contributed by atoms with van der Waals surface area (Å²) in [5.74, 6) is -0.323. The highest BCUT2D eigenvalue weighted by Gasteiger charge is 2.25. The molecule has 1 aliphatic rings. The molecule has 1 aromatic heterocycles. The molecule has 1 fully saturated rings. The summed E-state index contributed by atoms with van der Waals surface area (Å²) < 4.78 is 0.555. The largest absolute Gasteiger partial charge is 0.391 e. The first-order chi connectivity index (χ1) is 11.5. The fraction of sp³-hybridized carbons (Fsp3) is 0.353. The molecule has 24 heavy (non-hydrogen) atoms. The van der Waals surface area contributed by atoms with E-state index in [-0.39, 0.29) is 17.6 Å². The minimum Gasteiger partial charge on any atom is -0.391 e. The van der Waals surface area contributed by atoms with E-state index >= 15 is 0 Å². The van der Waals surface area contributed by atoms with Crippen LogP contribution >= 0.6 is 27.5 Å². The van der Waals surface area contributed by atoms with Crippen LogP contribution in [0, 0.1) is 0 Å². The van der Waals surface area contributed by atoms with Gasteiger partial charge in [-0.15, -0.1) is 0 Å². The third kappa shape index (κ3) is 3.94. The van der Waals surface area contributed by atoms with Crippen LogP contribution in [0.1, 0.15) is 36.2 Å². The predicted molar refractivity (Wildman–Crippen MR) is 95.9 cm³/mol. The number of hydrogen-bond acceptors (Lipinski definition) is 4. The predicted octanol–water partition coefficient (Wildman–Crippen LogP) is 3.59. The van der Waals surface area contributed by atoms with Gasteiger partial charge in [-0.25, -0.2) is 9.97 Å². The van der Waals surface area contributed by atoms with E-state index in [1.54, 1.807) is 12.1 Å². The van der Waals surface area contributed by atoms with Crippen molar-refractivity contribution in [2.75, 3.05) is 0 Å². The second-order valence-electron chi connectivity index (χ2n) is 5.83. The molecule has 0 aliphatic heterocycles. The first-order valence-electron chi connectivity index (χ1n) is 7.82. The minimum absolute atomic E-state index is 0.223. The van der Waals surface area contributed by atoms with Gasteiger partial charge in [0.15, 0.2) is 0 Å². The molecule has 2 aromatic rings. The molecule has 3 rings (SSSR count). The molecule has 5 nitrogen and oxygen atoms in total. The summed E-state index contributed by atoms with van der Waals surface area (Å²) >= 11 is 9.27. The molecule has 1 aromatic carbocycles. The molecule has 0 radical (unpaired) electrons. The van der Waals surface area contributed by atoms with Crippen molar-refractivity contribution in [2.45, 2.75) is 37.8 Å². The normalized spacial score (nSPS) is 20.6. The van der Waals surface area contributed by atoms with E-state index in [1.165, 1.54) is 6.20 Å². The molecular formula is C17H17BrClN3O2. The quantitative estimate of drug-likeness (QED) is 0.811. The minimum atomic E-state index is -0.498. The Balaban J connectivity index is 1.82. The van der Waals surface area contributed by atoms with Gasteiger partial charge in [-0.05, 0) is 40.9 Å². The maximum atomic E-state index is 12.4. The number of rotatable bonds is 3. The molecular weight excluding hydrogens is 394 g/mol. The number of benzene rings is 1. The lowest BCUT2D eigenvalue weighted by Gasteiger charge is -2.28. The van der Waals surface area contributed by atoms with Gasteiger partial charge < -0.3 is 10.4 Å². The molecule has 1 heterocycles. The van der Waals surface area contributed by atoms with Gasteiger partial charge in [0.25, 0.3) is 5.91 Å². The smallest absolute Gasteiger partial charge is 0.271 e. The lowest BCUT2D eigenvalue weighted by atomic mass is 9.92. The number of halogens is 2. The monoisotopic (exact) mass is 409 g/mol. The summed E-state index contributed by atoms with van der Waals surface area (Å²) in [7, 11) is 0. The topological polar surface area (TPSA) is 75.1 Å². The summed E-state index contributed by atoms with van der Waals surface area (Å²) in [4.78, 5) is 21.1. The highest BCUT2D eigenvalue weighted by Crippen LogP contribution is 2.26. The summed E-state index contributed by atoms with van der Waals surface area (Å²) in [5, 5.41) is 13.5. The fourth-order valence-electron chi connectivity index (χ4n) is 2.80. The summed E-state index contributed by atoms with van der Waals surface area (Å²) in [5.41, 5.74) is 1.61. The molecule has 1 amide bonds. The van der Waals surface area contributed by atoms with Crippen molar-refractivity contribution in [2.24, 2.45) is 0 Å². The Kier molecular flexibility index (Phi) is 5.48. The molecule has 0 saturated heterocycles. The van der Waals surface area contributed by atoms with Crippen LogP contribution in [0.2, 0.25) is 5.02 Å². The average Bonchev–Trinajstić information content (AvgIpc) is 2.58. The molecule has 1 saturated carbocycles. The molecule has 0 unspecified atom stereocenters. The van der Waals surface area contributed by atoms with Gasteiger partial charge in [-0.2, -0.15) is 0 Å². The standard InChI is InChI=1S/C17H17BrClN3O2/c18-16-15(10-5-7-11(19)8-6-10)21-13(9-20-16)17(24)22-12-3-1-2-4-14(12)23/h5-9,12,14,23H,1-4H2,(H,22,24)/t12-,14-/m1/s1. The number of hydrogen-bond donors (Lipinski definition) is 2. The van der Waals surface area contributed by atoms with Crippen molar-refractivity contribution in [3.63, 3.8) is 0 Å². The summed E-state index contributed by atoms with van der Waals surface area (Å²) in [6.45, 7) is 0. The van der Waals surface area contributed by atoms with E-state index in [0.29, 0.717) is 21.7 Å². The number of amides is 1. The number of aromatic nitrogens is 2. The molecule has 126 valence electrons. The number of carbonyl (C=O) groups excluding carboxylic acids is 1. The van der Waals surface area contributed by atoms with Crippen molar-refractivity contribution in [3.8, 4) is 11.3 Å². The highest BCUT2D eigenvalue weighted by molar-refractivity contribution is 9.10. The number of aliphatic hydroxyl groups is 1. The van der Waals surface area contributed by atoms with Crippen LogP contribution in [0.4, 0.5) is 0 Å². The van der Waals surface area contributed by atoms with Gasteiger partial charge in [-0.3, -0.25) is 4.79 Å². The third-order valence-corrected chi connectivity index (χ3v) is 4.96. The van der Waals surface area contributed by atoms with Crippen LogP contribution < -0.4 is 5.32 Å². The fourth-order valence-corrected chi connectivity index (χ4v) is 3.34. The van der Waals surface area contributed by atoms with Gasteiger partial charge in [-0.1, -0.05) is 36.6 Å². The summed E-state index contributed by atoms with van der Waals surface area (Å²) in [6.07, 6.45) is 4.42. The second kappa shape index (κ2) is 7.59. The van der Waals surface area contributed by atoms with Crippen molar-refractivity contribution < 1.29 is 9.90 Å². The molecule has 2 atom stereocenters. The Bertz CT molecular complexity index is 739. The van der Waals surface area contributed by atoms with E-state index < -0.39 is 6.10 Å². The van der Waals surface area contributed by atoms with E-state index in [4.69, 9.17) is 11.6 Å². The van der Waals surface area contributed by atoms with Crippen LogP contribution in [0.15, 0.2) is 35.1 Å². The van der Waals surface area contributed by atoms with Crippen LogP contribution in [-0.2, 0) is 0 Å². The molecule has 7 heteroatoms. The van der Waals surface area contributed by atoms with Crippen molar-refractivity contribution in [1.29, 1.82) is 0 Å². The molecule has 0 bridgehead atoms. The van der Waals surface area contributed by atoms with Crippen molar-refractivity contribution >= 4 is 33.4 Å². The third-order valence-electron chi connectivity index (χ3n) is 4.12. The van der Waals surface area contributed by atoms with E-state index in [1.807, 2.05) is 12.1 Å². The lowest BCUT2D eigenvalue weighted by Crippen LogP contribution is -2.45. The van der Waals surface area contributed by atoms with Gasteiger partial charge in [0.05, 0.1) is 18.3 Å². The van der Waals surface area contributed by atoms with E-state index in [0.717, 1.165) is 24.8 Å². The molecule has 0 spiro atoms. The maximum absolute atomic E-state index is 12.4. The number of nitrogens with one attached hydrogen (secondary N) is 1. The zero-order valence-corrected chi connectivity index (χ0v) is 15.2. The zero-order valence-electron chi connectivity index (χ0n) is 12.9. The Hall–Kier alpha value is -1.50. The van der Waals surface area contributed by atoms with Gasteiger partial charge in [0, 0.05) is 10.6 Å². The van der Waals surface area contributed by atoms with Crippen LogP contribution in [0.3, 0.4) is 0 Å². The number of aliphatic hydroxyl groups excluding tert-OH is 1. The highest BCUT2D eigenvalue weighted by atomic mass is 79.9. The van der Waals surface area contributed by atoms with Crippen LogP contribution in [0.25, 0.3) is 11.3 Å². The van der Waals surface area contributed by atoms with Gasteiger partial charge in [0.2, 0.25) is 0 Å². The van der Waals surface area contributed by atoms with Crippen LogP contribution in [-0.4, -0.2) is 33.1 Å². The Morgan fingerprint density at radius 1 is 1.25 bits per heavy atom. The van der Waals surface area contributed by atoms with Crippen molar-refractivity contribution in [3.05, 3.63) is 45.8 Å². The van der Waals surface area contributed by atoms with Crippen molar-refractivity contribution in [1.82, 2.24) is 15.3 Å². The summed E-state index contributed by atoms with van der Waals surface area (Å²) in [6, 6.07) is 6.94. The average molecular weight is 411 g/mol. The first kappa shape index (κ1) is 17.3. The first-order valence-corrected chi connectivity index (χ1v) is 8.99. The number of carbonyl (C=O) groups is 1. The molecule has 2 N–H and O–H groups in total. The zero-order chi connectivity index (χ0) is 17.1. The number of nitrogens with zero attached hydrogens (tertiary/aromatic N) is 2. The van der Waals surface area contributed by atoms with Gasteiger partial charge in [0.1, 0.15) is 16.0 Å².